The minimum atomic E-state index is -2.37. The molecule has 12 heavy (non-hydrogen) atoms. The average molecular weight is 229 g/mol. The predicted molar refractivity (Wildman–Crippen MR) is 50.4 cm³/mol. The topological polar surface area (TPSA) is 26.3 Å². The van der Waals surface area contributed by atoms with Crippen LogP contribution in [0.2, 0.25) is 0 Å². The van der Waals surface area contributed by atoms with Crippen LogP contribution in [0.5, 0.6) is 0 Å². The lowest BCUT2D eigenvalue weighted by atomic mass is 10.1. The Bertz CT molecular complexity index is 279. The van der Waals surface area contributed by atoms with Crippen LogP contribution in [-0.2, 0) is 9.09 Å². The molecular weight excluding hydrogens is 218 g/mol. The lowest BCUT2D eigenvalue weighted by Crippen LogP contribution is -2.11. The van der Waals surface area contributed by atoms with E-state index >= 15 is 0 Å². The van der Waals surface area contributed by atoms with Gasteiger partial charge in [0.2, 0.25) is 7.37 Å². The second-order valence-corrected chi connectivity index (χ2v) is 7.99. The SMILES string of the molecule is CO[P@]1(=O)C[C@@H]2C(Cl)(Cl)[C@@]2(C)C1. The largest absolute Gasteiger partial charge is 0.332 e. The van der Waals surface area contributed by atoms with Crippen molar-refractivity contribution in [2.75, 3.05) is 19.4 Å². The number of rotatable bonds is 1. The molecule has 70 valence electrons. The summed E-state index contributed by atoms with van der Waals surface area (Å²) < 4.78 is 16.1. The zero-order valence-corrected chi connectivity index (χ0v) is 9.42. The first-order valence-electron chi connectivity index (χ1n) is 3.87. The number of hydrogen-bond donors (Lipinski definition) is 0. The summed E-state index contributed by atoms with van der Waals surface area (Å²) in [4.78, 5) is 0. The standard InChI is InChI=1S/C7H11Cl2O2P/c1-6-4-12(10,11-2)3-5(6)7(6,8)9/h5H,3-4H2,1-2H3/t5-,6-,12+/m0/s1. The van der Waals surface area contributed by atoms with Gasteiger partial charge in [0, 0.05) is 30.8 Å². The summed E-state index contributed by atoms with van der Waals surface area (Å²) in [5, 5.41) is 0. The molecule has 2 rings (SSSR count). The van der Waals surface area contributed by atoms with Gasteiger partial charge in [-0.3, -0.25) is 4.57 Å². The van der Waals surface area contributed by atoms with Crippen molar-refractivity contribution in [2.24, 2.45) is 11.3 Å². The molecule has 0 N–H and O–H groups in total. The van der Waals surface area contributed by atoms with E-state index in [9.17, 15) is 4.57 Å². The van der Waals surface area contributed by atoms with Gasteiger partial charge in [0.25, 0.3) is 0 Å². The maximum Gasteiger partial charge on any atom is 0.203 e. The van der Waals surface area contributed by atoms with Crippen molar-refractivity contribution in [1.82, 2.24) is 0 Å². The van der Waals surface area contributed by atoms with Crippen LogP contribution in [0.15, 0.2) is 0 Å². The van der Waals surface area contributed by atoms with Crippen molar-refractivity contribution in [3.05, 3.63) is 0 Å². The summed E-state index contributed by atoms with van der Waals surface area (Å²) in [6, 6.07) is 0. The van der Waals surface area contributed by atoms with Crippen molar-refractivity contribution in [3.8, 4) is 0 Å². The molecule has 3 atom stereocenters. The van der Waals surface area contributed by atoms with Crippen molar-refractivity contribution >= 4 is 30.6 Å². The number of fused-ring (bicyclic) bond motifs is 1. The highest BCUT2D eigenvalue weighted by atomic mass is 35.5. The third-order valence-corrected chi connectivity index (χ3v) is 7.36. The number of halogens is 2. The van der Waals surface area contributed by atoms with Gasteiger partial charge in [-0.2, -0.15) is 0 Å². The van der Waals surface area contributed by atoms with Crippen LogP contribution in [-0.4, -0.2) is 23.8 Å². The molecule has 0 aromatic heterocycles. The third kappa shape index (κ3) is 0.901. The maximum atomic E-state index is 11.8. The highest BCUT2D eigenvalue weighted by Crippen LogP contribution is 2.81. The van der Waals surface area contributed by atoms with Crippen LogP contribution in [0, 0.1) is 11.3 Å². The Morgan fingerprint density at radius 3 is 2.50 bits per heavy atom. The quantitative estimate of drug-likeness (QED) is 0.510. The maximum absolute atomic E-state index is 11.8. The summed E-state index contributed by atoms with van der Waals surface area (Å²) in [7, 11) is -0.872. The Balaban J connectivity index is 2.22. The van der Waals surface area contributed by atoms with E-state index in [4.69, 9.17) is 27.7 Å². The van der Waals surface area contributed by atoms with Crippen molar-refractivity contribution in [2.45, 2.75) is 11.3 Å². The van der Waals surface area contributed by atoms with Crippen LogP contribution in [0.4, 0.5) is 0 Å². The molecule has 0 amide bonds. The fourth-order valence-corrected chi connectivity index (χ4v) is 6.62. The Kier molecular flexibility index (Phi) is 1.73. The fourth-order valence-electron chi connectivity index (χ4n) is 2.19. The monoisotopic (exact) mass is 228 g/mol. The van der Waals surface area contributed by atoms with Crippen LogP contribution >= 0.6 is 30.6 Å². The van der Waals surface area contributed by atoms with Crippen molar-refractivity contribution in [1.29, 1.82) is 0 Å². The van der Waals surface area contributed by atoms with Crippen LogP contribution in [0.25, 0.3) is 0 Å². The molecule has 0 spiro atoms. The highest BCUT2D eigenvalue weighted by molar-refractivity contribution is 7.59. The molecule has 1 saturated heterocycles. The van der Waals surface area contributed by atoms with Gasteiger partial charge in [0.05, 0.1) is 0 Å². The third-order valence-electron chi connectivity index (χ3n) is 3.25. The van der Waals surface area contributed by atoms with Crippen molar-refractivity contribution < 1.29 is 9.09 Å². The van der Waals surface area contributed by atoms with E-state index in [1.807, 2.05) is 6.92 Å². The minimum absolute atomic E-state index is 0.165. The van der Waals surface area contributed by atoms with Crippen LogP contribution in [0.3, 0.4) is 0 Å². The van der Waals surface area contributed by atoms with E-state index in [-0.39, 0.29) is 11.3 Å². The van der Waals surface area contributed by atoms with Crippen LogP contribution < -0.4 is 0 Å². The lowest BCUT2D eigenvalue weighted by Gasteiger charge is -2.17. The molecule has 0 bridgehead atoms. The van der Waals surface area contributed by atoms with Gasteiger partial charge in [-0.1, -0.05) is 6.92 Å². The summed E-state index contributed by atoms with van der Waals surface area (Å²) in [5.74, 6) is 0.166. The Morgan fingerprint density at radius 1 is 1.58 bits per heavy atom. The predicted octanol–water partition coefficient (Wildman–Crippen LogP) is 2.73. The highest BCUT2D eigenvalue weighted by Gasteiger charge is 2.79. The van der Waals surface area contributed by atoms with E-state index in [2.05, 4.69) is 0 Å². The summed E-state index contributed by atoms with van der Waals surface area (Å²) in [6.45, 7) is 1.98. The molecule has 2 nitrogen and oxygen atoms in total. The zero-order chi connectivity index (χ0) is 9.20. The van der Waals surface area contributed by atoms with E-state index in [0.29, 0.717) is 12.3 Å². The molecule has 1 heterocycles. The van der Waals surface area contributed by atoms with E-state index in [1.165, 1.54) is 7.11 Å². The normalized spacial score (nSPS) is 55.2. The fraction of sp³-hybridized carbons (Fsp3) is 1.00. The molecule has 5 heteroatoms. The Labute approximate surface area is 82.0 Å². The molecule has 1 saturated carbocycles. The lowest BCUT2D eigenvalue weighted by molar-refractivity contribution is 0.392. The summed E-state index contributed by atoms with van der Waals surface area (Å²) in [6.07, 6.45) is 1.08. The van der Waals surface area contributed by atoms with Gasteiger partial charge in [-0.15, -0.1) is 23.2 Å². The molecule has 2 fully saturated rings. The number of hydrogen-bond acceptors (Lipinski definition) is 2. The first-order valence-corrected chi connectivity index (χ1v) is 6.62. The zero-order valence-electron chi connectivity index (χ0n) is 7.01. The Hall–Kier alpha value is 0.770. The average Bonchev–Trinajstić information content (AvgIpc) is 2.27. The second-order valence-electron chi connectivity index (χ2n) is 3.93. The van der Waals surface area contributed by atoms with Gasteiger partial charge < -0.3 is 4.52 Å². The molecule has 0 radical (unpaired) electrons. The Morgan fingerprint density at radius 2 is 2.17 bits per heavy atom. The van der Waals surface area contributed by atoms with Gasteiger partial charge in [0.1, 0.15) is 4.33 Å². The van der Waals surface area contributed by atoms with Gasteiger partial charge in [0.15, 0.2) is 0 Å². The van der Waals surface area contributed by atoms with E-state index in [1.54, 1.807) is 0 Å². The molecular formula is C7H11Cl2O2P. The molecule has 0 aromatic rings. The number of alkyl halides is 2. The van der Waals surface area contributed by atoms with E-state index in [0.717, 1.165) is 0 Å². The minimum Gasteiger partial charge on any atom is -0.332 e. The van der Waals surface area contributed by atoms with Crippen LogP contribution in [0.1, 0.15) is 6.92 Å². The second kappa shape index (κ2) is 2.23. The molecule has 1 aliphatic heterocycles. The first-order chi connectivity index (χ1) is 5.36. The molecule has 0 unspecified atom stereocenters. The summed E-state index contributed by atoms with van der Waals surface area (Å²) in [5.41, 5.74) is -0.165. The van der Waals surface area contributed by atoms with E-state index < -0.39 is 11.7 Å². The van der Waals surface area contributed by atoms with Crippen molar-refractivity contribution in [3.63, 3.8) is 0 Å². The van der Waals surface area contributed by atoms with Gasteiger partial charge >= 0.3 is 0 Å². The molecule has 2 aliphatic rings. The molecule has 0 aromatic carbocycles. The smallest absolute Gasteiger partial charge is 0.203 e. The molecule has 1 aliphatic carbocycles. The van der Waals surface area contributed by atoms with Gasteiger partial charge in [-0.25, -0.2) is 0 Å². The summed E-state index contributed by atoms with van der Waals surface area (Å²) >= 11 is 12.0. The first kappa shape index (κ1) is 9.33. The van der Waals surface area contributed by atoms with Gasteiger partial charge in [-0.05, 0) is 0 Å².